The summed E-state index contributed by atoms with van der Waals surface area (Å²) in [7, 11) is 0. The lowest BCUT2D eigenvalue weighted by molar-refractivity contribution is -0.137. The minimum absolute atomic E-state index is 0.0707. The molecule has 0 saturated heterocycles. The summed E-state index contributed by atoms with van der Waals surface area (Å²) in [6.07, 6.45) is -4.55. The fourth-order valence-corrected chi connectivity index (χ4v) is 2.73. The van der Waals surface area contributed by atoms with Crippen molar-refractivity contribution >= 4 is 17.3 Å². The number of hydrogen-bond acceptors (Lipinski definition) is 2. The average Bonchev–Trinajstić information content (AvgIpc) is 2.66. The second-order valence-corrected chi connectivity index (χ2v) is 6.19. The van der Waals surface area contributed by atoms with Crippen LogP contribution in [0.3, 0.4) is 0 Å². The van der Waals surface area contributed by atoms with E-state index in [1.807, 2.05) is 30.3 Å². The number of alkyl halides is 3. The second kappa shape index (κ2) is 8.27. The van der Waals surface area contributed by atoms with E-state index in [-0.39, 0.29) is 22.9 Å². The van der Waals surface area contributed by atoms with Crippen molar-refractivity contribution in [1.82, 2.24) is 0 Å². The Morgan fingerprint density at radius 2 is 1.52 bits per heavy atom. The molecule has 138 valence electrons. The molecule has 0 amide bonds. The van der Waals surface area contributed by atoms with Crippen LogP contribution in [0.15, 0.2) is 84.0 Å². The fourth-order valence-electron chi connectivity index (χ4n) is 2.56. The third-order valence-corrected chi connectivity index (χ3v) is 4.05. The Morgan fingerprint density at radius 1 is 0.889 bits per heavy atom. The lowest BCUT2D eigenvalue weighted by Gasteiger charge is -2.15. The Hall–Kier alpha value is -2.79. The van der Waals surface area contributed by atoms with Crippen LogP contribution in [0.1, 0.15) is 22.3 Å². The lowest BCUT2D eigenvalue weighted by Crippen LogP contribution is -2.15. The van der Waals surface area contributed by atoms with Crippen molar-refractivity contribution in [2.45, 2.75) is 12.8 Å². The quantitative estimate of drug-likeness (QED) is 0.369. The van der Waals surface area contributed by atoms with Crippen LogP contribution < -0.4 is 0 Å². The summed E-state index contributed by atoms with van der Waals surface area (Å²) < 4.78 is 40.5. The highest BCUT2D eigenvalue weighted by atomic mass is 35.5. The molecule has 0 aromatic heterocycles. The van der Waals surface area contributed by atoms with Gasteiger partial charge in [0.2, 0.25) is 0 Å². The van der Waals surface area contributed by atoms with Crippen LogP contribution in [0, 0.1) is 0 Å². The SMILES string of the molecule is FC(F)(F)c1ccc(Cl)cc1/C(=N/OCc1ccccc1)c1ccccc1. The van der Waals surface area contributed by atoms with Gasteiger partial charge in [0, 0.05) is 16.1 Å². The van der Waals surface area contributed by atoms with Gasteiger partial charge in [0.25, 0.3) is 0 Å². The van der Waals surface area contributed by atoms with E-state index in [1.165, 1.54) is 12.1 Å². The standard InChI is InChI=1S/C21H15ClF3NO/c22-17-11-12-19(21(23,24)25)18(13-17)20(16-9-5-2-6-10-16)26-27-14-15-7-3-1-4-8-15/h1-13H,14H2/b26-20+. The highest BCUT2D eigenvalue weighted by molar-refractivity contribution is 6.31. The number of nitrogens with zero attached hydrogens (tertiary/aromatic N) is 1. The minimum atomic E-state index is -4.55. The van der Waals surface area contributed by atoms with E-state index in [9.17, 15) is 13.2 Å². The Morgan fingerprint density at radius 3 is 2.15 bits per heavy atom. The predicted molar refractivity (Wildman–Crippen MR) is 99.8 cm³/mol. The van der Waals surface area contributed by atoms with E-state index in [2.05, 4.69) is 5.16 Å². The van der Waals surface area contributed by atoms with Crippen LogP contribution in [-0.4, -0.2) is 5.71 Å². The number of rotatable bonds is 5. The molecule has 3 aromatic carbocycles. The van der Waals surface area contributed by atoms with Gasteiger partial charge in [-0.15, -0.1) is 0 Å². The third kappa shape index (κ3) is 4.89. The molecule has 3 aromatic rings. The Bertz CT molecular complexity index is 925. The van der Waals surface area contributed by atoms with E-state index in [0.717, 1.165) is 11.6 Å². The van der Waals surface area contributed by atoms with Gasteiger partial charge in [0.15, 0.2) is 0 Å². The molecule has 27 heavy (non-hydrogen) atoms. The molecular formula is C21H15ClF3NO. The van der Waals surface area contributed by atoms with Crippen molar-refractivity contribution in [3.05, 3.63) is 106 Å². The van der Waals surface area contributed by atoms with Gasteiger partial charge >= 0.3 is 6.18 Å². The molecule has 0 saturated carbocycles. The van der Waals surface area contributed by atoms with E-state index >= 15 is 0 Å². The third-order valence-electron chi connectivity index (χ3n) is 3.82. The molecule has 0 fully saturated rings. The van der Waals surface area contributed by atoms with Crippen molar-refractivity contribution in [1.29, 1.82) is 0 Å². The molecule has 0 atom stereocenters. The molecule has 6 heteroatoms. The maximum Gasteiger partial charge on any atom is 0.417 e. The topological polar surface area (TPSA) is 21.6 Å². The summed E-state index contributed by atoms with van der Waals surface area (Å²) in [5, 5.41) is 4.22. The van der Waals surface area contributed by atoms with Gasteiger partial charge < -0.3 is 4.84 Å². The molecule has 0 aliphatic heterocycles. The molecule has 2 nitrogen and oxygen atoms in total. The zero-order valence-electron chi connectivity index (χ0n) is 14.1. The molecule has 0 unspecified atom stereocenters. The number of halogens is 4. The van der Waals surface area contributed by atoms with Crippen LogP contribution in [0.4, 0.5) is 13.2 Å². The largest absolute Gasteiger partial charge is 0.417 e. The van der Waals surface area contributed by atoms with Gasteiger partial charge in [0.05, 0.1) is 5.56 Å². The summed E-state index contributed by atoms with van der Waals surface area (Å²) in [5.74, 6) is 0. The lowest BCUT2D eigenvalue weighted by atomic mass is 9.97. The number of oxime groups is 1. The smallest absolute Gasteiger partial charge is 0.390 e. The molecule has 0 spiro atoms. The molecule has 0 heterocycles. The second-order valence-electron chi connectivity index (χ2n) is 5.75. The van der Waals surface area contributed by atoms with Crippen molar-refractivity contribution < 1.29 is 18.0 Å². The van der Waals surface area contributed by atoms with Gasteiger partial charge in [-0.1, -0.05) is 77.4 Å². The molecule has 0 aliphatic rings. The van der Waals surface area contributed by atoms with Crippen molar-refractivity contribution in [3.63, 3.8) is 0 Å². The number of benzene rings is 3. The summed E-state index contributed by atoms with van der Waals surface area (Å²) in [4.78, 5) is 5.38. The van der Waals surface area contributed by atoms with Crippen LogP contribution in [0.2, 0.25) is 5.02 Å². The Kier molecular flexibility index (Phi) is 5.81. The predicted octanol–water partition coefficient (Wildman–Crippen LogP) is 6.33. The van der Waals surface area contributed by atoms with Gasteiger partial charge in [0.1, 0.15) is 12.3 Å². The van der Waals surface area contributed by atoms with Crippen molar-refractivity contribution in [3.8, 4) is 0 Å². The fraction of sp³-hybridized carbons (Fsp3) is 0.0952. The van der Waals surface area contributed by atoms with E-state index in [0.29, 0.717) is 5.56 Å². The van der Waals surface area contributed by atoms with Crippen molar-refractivity contribution in [2.75, 3.05) is 0 Å². The molecule has 3 rings (SSSR count). The number of hydrogen-bond donors (Lipinski definition) is 0. The minimum Gasteiger partial charge on any atom is -0.390 e. The molecule has 0 aliphatic carbocycles. The molecular weight excluding hydrogens is 375 g/mol. The van der Waals surface area contributed by atoms with Gasteiger partial charge in [-0.2, -0.15) is 13.2 Å². The highest BCUT2D eigenvalue weighted by Crippen LogP contribution is 2.34. The first-order valence-electron chi connectivity index (χ1n) is 8.11. The van der Waals surface area contributed by atoms with Crippen molar-refractivity contribution in [2.24, 2.45) is 5.16 Å². The summed E-state index contributed by atoms with van der Waals surface area (Å²) >= 11 is 5.97. The zero-order valence-corrected chi connectivity index (χ0v) is 14.8. The molecule has 0 radical (unpaired) electrons. The van der Waals surface area contributed by atoms with Crippen LogP contribution in [0.25, 0.3) is 0 Å². The van der Waals surface area contributed by atoms with E-state index in [1.54, 1.807) is 30.3 Å². The molecule has 0 N–H and O–H groups in total. The first-order valence-corrected chi connectivity index (χ1v) is 8.49. The van der Waals surface area contributed by atoms with Gasteiger partial charge in [-0.3, -0.25) is 0 Å². The van der Waals surface area contributed by atoms with Crippen LogP contribution in [-0.2, 0) is 17.6 Å². The first-order chi connectivity index (χ1) is 12.9. The average molecular weight is 390 g/mol. The maximum absolute atomic E-state index is 13.5. The normalized spacial score (nSPS) is 12.1. The van der Waals surface area contributed by atoms with Gasteiger partial charge in [-0.05, 0) is 23.8 Å². The monoisotopic (exact) mass is 389 g/mol. The van der Waals surface area contributed by atoms with E-state index in [4.69, 9.17) is 16.4 Å². The zero-order chi connectivity index (χ0) is 19.3. The highest BCUT2D eigenvalue weighted by Gasteiger charge is 2.35. The first kappa shape index (κ1) is 19.0. The summed E-state index contributed by atoms with van der Waals surface area (Å²) in [6, 6.07) is 21.2. The molecule has 0 bridgehead atoms. The van der Waals surface area contributed by atoms with Gasteiger partial charge in [-0.25, -0.2) is 0 Å². The van der Waals surface area contributed by atoms with E-state index < -0.39 is 11.7 Å². The summed E-state index contributed by atoms with van der Waals surface area (Å²) in [5.41, 5.74) is 0.475. The van der Waals surface area contributed by atoms with Crippen LogP contribution >= 0.6 is 11.6 Å². The van der Waals surface area contributed by atoms with Crippen LogP contribution in [0.5, 0.6) is 0 Å². The Labute approximate surface area is 159 Å². The summed E-state index contributed by atoms with van der Waals surface area (Å²) in [6.45, 7) is 0.138. The Balaban J connectivity index is 2.03. The maximum atomic E-state index is 13.5.